The van der Waals surface area contributed by atoms with Crippen LogP contribution in [0.15, 0.2) is 35.6 Å². The molecule has 26 heavy (non-hydrogen) atoms. The number of aliphatic imine (C=N–C) groups is 1. The Hall–Kier alpha value is -2.57. The van der Waals surface area contributed by atoms with Crippen LogP contribution in [-0.2, 0) is 0 Å². The monoisotopic (exact) mass is 358 g/mol. The second kappa shape index (κ2) is 6.30. The van der Waals surface area contributed by atoms with E-state index in [1.807, 2.05) is 43.0 Å². The first-order valence-electron chi connectivity index (χ1n) is 8.76. The molecule has 1 aromatic heterocycles. The number of nitrogens with zero attached hydrogens (tertiary/aromatic N) is 4. The van der Waals surface area contributed by atoms with Gasteiger partial charge in [-0.15, -0.1) is 0 Å². The molecule has 1 aromatic carbocycles. The van der Waals surface area contributed by atoms with Gasteiger partial charge in [-0.05, 0) is 32.0 Å². The van der Waals surface area contributed by atoms with E-state index in [0.29, 0.717) is 24.6 Å². The van der Waals surface area contributed by atoms with Crippen LogP contribution in [0.5, 0.6) is 5.75 Å². The minimum atomic E-state index is -2.57. The minimum absolute atomic E-state index is 0.0939. The summed E-state index contributed by atoms with van der Waals surface area (Å²) in [6.07, 6.45) is 1.26. The molecule has 5 nitrogen and oxygen atoms in total. The Morgan fingerprint density at radius 1 is 1.12 bits per heavy atom. The van der Waals surface area contributed by atoms with Crippen LogP contribution >= 0.6 is 0 Å². The van der Waals surface area contributed by atoms with Gasteiger partial charge in [0.05, 0.1) is 23.2 Å². The van der Waals surface area contributed by atoms with Gasteiger partial charge in [0.1, 0.15) is 17.9 Å². The lowest BCUT2D eigenvalue weighted by molar-refractivity contribution is -0.0221. The Balaban J connectivity index is 1.55. The molecule has 7 heteroatoms. The number of ether oxygens (including phenoxy) is 1. The number of anilines is 1. The van der Waals surface area contributed by atoms with Crippen LogP contribution in [0.2, 0.25) is 0 Å². The van der Waals surface area contributed by atoms with E-state index in [0.717, 1.165) is 22.7 Å². The van der Waals surface area contributed by atoms with Crippen LogP contribution < -0.4 is 9.64 Å². The summed E-state index contributed by atoms with van der Waals surface area (Å²) in [4.78, 5) is 15.0. The second-order valence-corrected chi connectivity index (χ2v) is 6.91. The molecular weight excluding hydrogens is 338 g/mol. The van der Waals surface area contributed by atoms with Gasteiger partial charge < -0.3 is 9.64 Å². The maximum Gasteiger partial charge on any atom is 0.251 e. The molecule has 0 aliphatic carbocycles. The molecule has 1 saturated heterocycles. The van der Waals surface area contributed by atoms with Crippen LogP contribution in [-0.4, -0.2) is 40.8 Å². The zero-order valence-electron chi connectivity index (χ0n) is 14.7. The SMILES string of the molecule is CC(C)Oc1ccc2c(c1)C(c1cc(N3CCC(F)(F)CC3)ncn1)=N2. The van der Waals surface area contributed by atoms with Gasteiger partial charge in [0.25, 0.3) is 5.92 Å². The van der Waals surface area contributed by atoms with E-state index in [1.165, 1.54) is 6.33 Å². The Kier molecular flexibility index (Phi) is 4.09. The van der Waals surface area contributed by atoms with Crippen LogP contribution in [0.3, 0.4) is 0 Å². The van der Waals surface area contributed by atoms with Crippen molar-refractivity contribution in [3.63, 3.8) is 0 Å². The lowest BCUT2D eigenvalue weighted by Gasteiger charge is -2.32. The summed E-state index contributed by atoms with van der Waals surface area (Å²) in [5.41, 5.74) is 3.36. The molecule has 0 saturated carbocycles. The van der Waals surface area contributed by atoms with Crippen molar-refractivity contribution in [1.82, 2.24) is 9.97 Å². The number of hydrogen-bond donors (Lipinski definition) is 0. The molecule has 0 unspecified atom stereocenters. The van der Waals surface area contributed by atoms with Crippen molar-refractivity contribution in [3.8, 4) is 5.75 Å². The normalized spacial score (nSPS) is 18.2. The number of fused-ring (bicyclic) bond motifs is 1. The van der Waals surface area contributed by atoms with Crippen molar-refractivity contribution < 1.29 is 13.5 Å². The zero-order chi connectivity index (χ0) is 18.3. The predicted octanol–water partition coefficient (Wildman–Crippen LogP) is 3.98. The van der Waals surface area contributed by atoms with E-state index < -0.39 is 5.92 Å². The lowest BCUT2D eigenvalue weighted by Crippen LogP contribution is -2.39. The van der Waals surface area contributed by atoms with E-state index in [4.69, 9.17) is 4.74 Å². The number of aromatic nitrogens is 2. The highest BCUT2D eigenvalue weighted by atomic mass is 19.3. The van der Waals surface area contributed by atoms with Crippen molar-refractivity contribution in [3.05, 3.63) is 41.9 Å². The maximum absolute atomic E-state index is 13.4. The van der Waals surface area contributed by atoms with Gasteiger partial charge in [0.15, 0.2) is 0 Å². The summed E-state index contributed by atoms with van der Waals surface area (Å²) in [6, 6.07) is 7.60. The third kappa shape index (κ3) is 3.25. The third-order valence-corrected chi connectivity index (χ3v) is 4.54. The Labute approximate surface area is 150 Å². The van der Waals surface area contributed by atoms with Crippen LogP contribution in [0.25, 0.3) is 0 Å². The van der Waals surface area contributed by atoms with Gasteiger partial charge in [-0.3, -0.25) is 0 Å². The number of hydrogen-bond acceptors (Lipinski definition) is 5. The maximum atomic E-state index is 13.4. The molecule has 2 aliphatic heterocycles. The highest BCUT2D eigenvalue weighted by Gasteiger charge is 2.34. The molecule has 0 atom stereocenters. The van der Waals surface area contributed by atoms with E-state index >= 15 is 0 Å². The first kappa shape index (κ1) is 16.9. The summed E-state index contributed by atoms with van der Waals surface area (Å²) in [5, 5.41) is 0. The molecule has 0 spiro atoms. The fraction of sp³-hybridized carbons (Fsp3) is 0.421. The average molecular weight is 358 g/mol. The highest BCUT2D eigenvalue weighted by Crippen LogP contribution is 2.36. The lowest BCUT2D eigenvalue weighted by atomic mass is 9.98. The van der Waals surface area contributed by atoms with Crippen molar-refractivity contribution >= 4 is 17.2 Å². The fourth-order valence-electron chi connectivity index (χ4n) is 3.18. The first-order valence-corrected chi connectivity index (χ1v) is 8.76. The number of halogens is 2. The third-order valence-electron chi connectivity index (χ3n) is 4.54. The Morgan fingerprint density at radius 2 is 1.88 bits per heavy atom. The van der Waals surface area contributed by atoms with Gasteiger partial charge in [-0.2, -0.15) is 0 Å². The number of rotatable bonds is 4. The van der Waals surface area contributed by atoms with E-state index in [9.17, 15) is 8.78 Å². The number of benzene rings is 1. The van der Waals surface area contributed by atoms with Crippen LogP contribution in [0, 0.1) is 0 Å². The molecule has 3 heterocycles. The van der Waals surface area contributed by atoms with Gasteiger partial charge in [0, 0.05) is 37.6 Å². The molecule has 0 N–H and O–H groups in total. The fourth-order valence-corrected chi connectivity index (χ4v) is 3.18. The van der Waals surface area contributed by atoms with Crippen molar-refractivity contribution in [2.24, 2.45) is 4.99 Å². The largest absolute Gasteiger partial charge is 0.491 e. The van der Waals surface area contributed by atoms with Crippen molar-refractivity contribution in [2.45, 2.75) is 38.7 Å². The molecule has 136 valence electrons. The van der Waals surface area contributed by atoms with Crippen molar-refractivity contribution in [2.75, 3.05) is 18.0 Å². The molecule has 0 bridgehead atoms. The first-order chi connectivity index (χ1) is 12.4. The topological polar surface area (TPSA) is 50.6 Å². The summed E-state index contributed by atoms with van der Waals surface area (Å²) >= 11 is 0. The minimum Gasteiger partial charge on any atom is -0.491 e. The molecule has 0 amide bonds. The van der Waals surface area contributed by atoms with E-state index in [2.05, 4.69) is 15.0 Å². The van der Waals surface area contributed by atoms with E-state index in [1.54, 1.807) is 0 Å². The molecular formula is C19H20F2N4O. The average Bonchev–Trinajstić information content (AvgIpc) is 2.57. The van der Waals surface area contributed by atoms with Gasteiger partial charge >= 0.3 is 0 Å². The summed E-state index contributed by atoms with van der Waals surface area (Å²) in [6.45, 7) is 4.54. The molecule has 1 fully saturated rings. The second-order valence-electron chi connectivity index (χ2n) is 6.91. The van der Waals surface area contributed by atoms with Gasteiger partial charge in [-0.1, -0.05) is 0 Å². The van der Waals surface area contributed by atoms with Crippen LogP contribution in [0.4, 0.5) is 20.3 Å². The zero-order valence-corrected chi connectivity index (χ0v) is 14.7. The highest BCUT2D eigenvalue weighted by molar-refractivity contribution is 6.21. The van der Waals surface area contributed by atoms with E-state index in [-0.39, 0.29) is 18.9 Å². The van der Waals surface area contributed by atoms with Crippen molar-refractivity contribution in [1.29, 1.82) is 0 Å². The van der Waals surface area contributed by atoms with Crippen LogP contribution in [0.1, 0.15) is 37.9 Å². The summed E-state index contributed by atoms with van der Waals surface area (Å²) in [5.74, 6) is -1.12. The number of alkyl halides is 2. The molecule has 2 aliphatic rings. The summed E-state index contributed by atoms with van der Waals surface area (Å²) < 4.78 is 32.5. The standard InChI is InChI=1S/C19H20F2N4O/c1-12(2)26-13-3-4-15-14(9-13)18(24-15)16-10-17(23-11-22-16)25-7-5-19(20,21)6-8-25/h3-4,9-12H,5-8H2,1-2H3. The quantitative estimate of drug-likeness (QED) is 0.708. The predicted molar refractivity (Wildman–Crippen MR) is 95.9 cm³/mol. The molecule has 4 rings (SSSR count). The smallest absolute Gasteiger partial charge is 0.251 e. The summed E-state index contributed by atoms with van der Waals surface area (Å²) in [7, 11) is 0. The Bertz CT molecular complexity index is 856. The van der Waals surface area contributed by atoms with Gasteiger partial charge in [0.2, 0.25) is 0 Å². The number of piperidine rings is 1. The Morgan fingerprint density at radius 3 is 2.62 bits per heavy atom. The molecule has 0 radical (unpaired) electrons. The van der Waals surface area contributed by atoms with Gasteiger partial charge in [-0.25, -0.2) is 23.7 Å². The molecule has 2 aromatic rings.